The highest BCUT2D eigenvalue weighted by Crippen LogP contribution is 2.27. The minimum atomic E-state index is -0.273. The van der Waals surface area contributed by atoms with Crippen LogP contribution in [-0.2, 0) is 7.05 Å². The second kappa shape index (κ2) is 8.63. The predicted octanol–water partition coefficient (Wildman–Crippen LogP) is 2.80. The monoisotopic (exact) mass is 421 g/mol. The van der Waals surface area contributed by atoms with Crippen molar-refractivity contribution in [3.05, 3.63) is 42.2 Å². The number of carbonyl (C=O) groups is 1. The van der Waals surface area contributed by atoms with Crippen LogP contribution in [0.5, 0.6) is 5.75 Å². The van der Waals surface area contributed by atoms with Gasteiger partial charge in [0.2, 0.25) is 5.95 Å². The lowest BCUT2D eigenvalue weighted by Crippen LogP contribution is -2.24. The number of ether oxygens (including phenoxy) is 1. The van der Waals surface area contributed by atoms with E-state index in [-0.39, 0.29) is 5.91 Å². The number of hydrogen-bond donors (Lipinski definition) is 1. The van der Waals surface area contributed by atoms with Crippen molar-refractivity contribution < 1.29 is 9.53 Å². The number of nitrogens with zero attached hydrogens (tertiary/aromatic N) is 6. The number of aromatic nitrogens is 4. The number of anilines is 3. The zero-order valence-electron chi connectivity index (χ0n) is 18.3. The maximum absolute atomic E-state index is 13.0. The molecule has 0 atom stereocenters. The lowest BCUT2D eigenvalue weighted by Gasteiger charge is -2.21. The van der Waals surface area contributed by atoms with Gasteiger partial charge in [0.1, 0.15) is 17.1 Å². The largest absolute Gasteiger partial charge is 0.497 e. The van der Waals surface area contributed by atoms with Crippen LogP contribution in [-0.4, -0.2) is 60.0 Å². The molecule has 162 valence electrons. The van der Waals surface area contributed by atoms with Gasteiger partial charge in [-0.1, -0.05) is 12.1 Å². The molecule has 9 nitrogen and oxygen atoms in total. The highest BCUT2D eigenvalue weighted by atomic mass is 16.5. The summed E-state index contributed by atoms with van der Waals surface area (Å²) in [4.78, 5) is 26.2. The van der Waals surface area contributed by atoms with Gasteiger partial charge in [0.05, 0.1) is 19.0 Å². The molecule has 1 aliphatic heterocycles. The van der Waals surface area contributed by atoms with Crippen LogP contribution in [0.3, 0.4) is 0 Å². The van der Waals surface area contributed by atoms with Crippen LogP contribution in [0.15, 0.2) is 36.5 Å². The maximum Gasteiger partial charge on any atom is 0.274 e. The van der Waals surface area contributed by atoms with Crippen molar-refractivity contribution in [2.24, 2.45) is 7.05 Å². The van der Waals surface area contributed by atoms with Gasteiger partial charge in [-0.15, -0.1) is 0 Å². The quantitative estimate of drug-likeness (QED) is 0.655. The Bertz CT molecular complexity index is 1090. The number of hydrogen-bond acceptors (Lipinski definition) is 7. The van der Waals surface area contributed by atoms with Crippen molar-refractivity contribution in [1.29, 1.82) is 0 Å². The zero-order chi connectivity index (χ0) is 22.0. The lowest BCUT2D eigenvalue weighted by molar-refractivity contribution is 0.101. The molecule has 3 aromatic rings. The van der Waals surface area contributed by atoms with Crippen molar-refractivity contribution in [3.63, 3.8) is 0 Å². The van der Waals surface area contributed by atoms with Crippen LogP contribution in [0.2, 0.25) is 0 Å². The molecule has 1 saturated heterocycles. The highest BCUT2D eigenvalue weighted by Gasteiger charge is 2.20. The molecule has 3 heterocycles. The molecule has 1 N–H and O–H groups in total. The van der Waals surface area contributed by atoms with E-state index >= 15 is 0 Å². The van der Waals surface area contributed by atoms with E-state index in [1.807, 2.05) is 43.3 Å². The summed E-state index contributed by atoms with van der Waals surface area (Å²) in [7, 11) is 7.17. The fourth-order valence-corrected chi connectivity index (χ4v) is 3.65. The molecular formula is C22H27N7O2. The average Bonchev–Trinajstić information content (AvgIpc) is 3.44. The van der Waals surface area contributed by atoms with E-state index in [0.29, 0.717) is 28.8 Å². The third-order valence-electron chi connectivity index (χ3n) is 5.29. The van der Waals surface area contributed by atoms with Crippen molar-refractivity contribution in [2.45, 2.75) is 12.8 Å². The summed E-state index contributed by atoms with van der Waals surface area (Å²) >= 11 is 0. The molecule has 1 aromatic carbocycles. The minimum Gasteiger partial charge on any atom is -0.497 e. The second-order valence-corrected chi connectivity index (χ2v) is 7.72. The summed E-state index contributed by atoms with van der Waals surface area (Å²) in [6, 6.07) is 9.35. The Hall–Kier alpha value is -3.62. The Balaban J connectivity index is 1.58. The summed E-state index contributed by atoms with van der Waals surface area (Å²) in [5.41, 5.74) is 2.56. The third kappa shape index (κ3) is 4.30. The second-order valence-electron chi connectivity index (χ2n) is 7.72. The Morgan fingerprint density at radius 2 is 1.97 bits per heavy atom. The van der Waals surface area contributed by atoms with E-state index in [1.54, 1.807) is 31.1 Å². The van der Waals surface area contributed by atoms with Gasteiger partial charge in [0.25, 0.3) is 5.91 Å². The molecule has 0 saturated carbocycles. The smallest absolute Gasteiger partial charge is 0.274 e. The van der Waals surface area contributed by atoms with E-state index < -0.39 is 0 Å². The van der Waals surface area contributed by atoms with Gasteiger partial charge in [-0.3, -0.25) is 9.48 Å². The number of nitrogens with one attached hydrogen (secondary N) is 1. The molecule has 9 heteroatoms. The van der Waals surface area contributed by atoms with E-state index in [2.05, 4.69) is 25.3 Å². The van der Waals surface area contributed by atoms with E-state index in [9.17, 15) is 4.79 Å². The summed E-state index contributed by atoms with van der Waals surface area (Å²) < 4.78 is 6.85. The number of rotatable bonds is 6. The molecule has 1 aliphatic rings. The van der Waals surface area contributed by atoms with Gasteiger partial charge in [0.15, 0.2) is 5.82 Å². The van der Waals surface area contributed by atoms with Crippen LogP contribution in [0, 0.1) is 0 Å². The number of benzene rings is 1. The summed E-state index contributed by atoms with van der Waals surface area (Å²) in [5.74, 6) is 1.82. The molecule has 2 aromatic heterocycles. The lowest BCUT2D eigenvalue weighted by atomic mass is 10.1. The fourth-order valence-electron chi connectivity index (χ4n) is 3.65. The molecule has 0 unspecified atom stereocenters. The minimum absolute atomic E-state index is 0.273. The Morgan fingerprint density at radius 1 is 1.19 bits per heavy atom. The van der Waals surface area contributed by atoms with E-state index in [4.69, 9.17) is 4.74 Å². The Labute approximate surface area is 181 Å². The number of methoxy groups -OCH3 is 1. The normalized spacial score (nSPS) is 13.4. The highest BCUT2D eigenvalue weighted by molar-refractivity contribution is 6.05. The Kier molecular flexibility index (Phi) is 5.75. The van der Waals surface area contributed by atoms with Crippen LogP contribution in [0.4, 0.5) is 17.5 Å². The molecule has 0 radical (unpaired) electrons. The van der Waals surface area contributed by atoms with Gasteiger partial charge in [-0.2, -0.15) is 10.1 Å². The topological polar surface area (TPSA) is 88.4 Å². The molecule has 31 heavy (non-hydrogen) atoms. The van der Waals surface area contributed by atoms with E-state index in [0.717, 1.165) is 37.2 Å². The summed E-state index contributed by atoms with van der Waals surface area (Å²) in [6.07, 6.45) is 3.97. The first kappa shape index (κ1) is 20.6. The molecule has 0 bridgehead atoms. The zero-order valence-corrected chi connectivity index (χ0v) is 18.3. The van der Waals surface area contributed by atoms with E-state index in [1.165, 1.54) is 0 Å². The molecule has 0 spiro atoms. The molecule has 1 fully saturated rings. The first-order valence-corrected chi connectivity index (χ1v) is 10.3. The molecule has 4 rings (SSSR count). The molecule has 0 aliphatic carbocycles. The SMILES string of the molecule is COc1cccc(-c2cc(C(=O)Nc3cnc(N4CCCC4)nc3N(C)C)n(C)n2)c1. The number of aryl methyl sites for hydroxylation is 1. The third-order valence-corrected chi connectivity index (χ3v) is 5.29. The summed E-state index contributed by atoms with van der Waals surface area (Å²) in [6.45, 7) is 1.92. The van der Waals surface area contributed by atoms with Crippen molar-refractivity contribution in [3.8, 4) is 17.0 Å². The van der Waals surface area contributed by atoms with Crippen LogP contribution >= 0.6 is 0 Å². The van der Waals surface area contributed by atoms with Crippen molar-refractivity contribution >= 4 is 23.4 Å². The van der Waals surface area contributed by atoms with Gasteiger partial charge in [0, 0.05) is 39.8 Å². The standard InChI is InChI=1S/C22H27N7O2/c1-27(2)20-18(14-23-22(25-20)29-10-5-6-11-29)24-21(30)19-13-17(26-28(19)3)15-8-7-9-16(12-15)31-4/h7-9,12-14H,5-6,10-11H2,1-4H3,(H,24,30). The van der Waals surface area contributed by atoms with Crippen molar-refractivity contribution in [2.75, 3.05) is 49.4 Å². The number of amides is 1. The van der Waals surface area contributed by atoms with Crippen LogP contribution in [0.25, 0.3) is 11.3 Å². The van der Waals surface area contributed by atoms with Gasteiger partial charge in [-0.25, -0.2) is 4.98 Å². The molecular weight excluding hydrogens is 394 g/mol. The number of carbonyl (C=O) groups excluding carboxylic acids is 1. The summed E-state index contributed by atoms with van der Waals surface area (Å²) in [5, 5.41) is 7.44. The van der Waals surface area contributed by atoms with Gasteiger partial charge in [-0.05, 0) is 31.0 Å². The van der Waals surface area contributed by atoms with Crippen LogP contribution in [0.1, 0.15) is 23.3 Å². The Morgan fingerprint density at radius 3 is 2.68 bits per heavy atom. The average molecular weight is 422 g/mol. The first-order chi connectivity index (χ1) is 15.0. The maximum atomic E-state index is 13.0. The van der Waals surface area contributed by atoms with Crippen LogP contribution < -0.4 is 19.9 Å². The van der Waals surface area contributed by atoms with Gasteiger partial charge < -0.3 is 19.9 Å². The first-order valence-electron chi connectivity index (χ1n) is 10.3. The van der Waals surface area contributed by atoms with Gasteiger partial charge >= 0.3 is 0 Å². The molecule has 1 amide bonds. The fraction of sp³-hybridized carbons (Fsp3) is 0.364. The van der Waals surface area contributed by atoms with Crippen molar-refractivity contribution in [1.82, 2.24) is 19.7 Å². The predicted molar refractivity (Wildman–Crippen MR) is 121 cm³/mol.